The van der Waals surface area contributed by atoms with E-state index in [1.807, 2.05) is 18.9 Å². The fourth-order valence-corrected chi connectivity index (χ4v) is 3.07. The number of halogens is 4. The Balaban J connectivity index is 2.39. The van der Waals surface area contributed by atoms with Crippen LogP contribution in [0.1, 0.15) is 12.5 Å². The summed E-state index contributed by atoms with van der Waals surface area (Å²) in [5.74, 6) is -0.554. The standard InChI is InChI=1S/C19H21F4N3S/c1-5-25(3)12-24-15-11-14(20)17(10-13(15)2)26(4)16-8-6-7-9-18(16)27-19(21,22)23/h6-12H,5H2,1-4H3. The van der Waals surface area contributed by atoms with E-state index in [1.54, 1.807) is 32.4 Å². The van der Waals surface area contributed by atoms with Crippen LogP contribution in [0.15, 0.2) is 46.3 Å². The highest BCUT2D eigenvalue weighted by atomic mass is 32.2. The van der Waals surface area contributed by atoms with Crippen molar-refractivity contribution in [1.82, 2.24) is 4.90 Å². The fourth-order valence-electron chi connectivity index (χ4n) is 2.37. The van der Waals surface area contributed by atoms with E-state index in [0.29, 0.717) is 5.69 Å². The molecule has 0 saturated carbocycles. The Morgan fingerprint density at radius 3 is 2.41 bits per heavy atom. The van der Waals surface area contributed by atoms with Gasteiger partial charge in [-0.05, 0) is 49.4 Å². The number of benzene rings is 2. The average Bonchev–Trinajstić information content (AvgIpc) is 2.60. The molecule has 0 aliphatic heterocycles. The first kappa shape index (κ1) is 21.1. The number of thioether (sulfide) groups is 1. The molecule has 8 heteroatoms. The summed E-state index contributed by atoms with van der Waals surface area (Å²) in [6.07, 6.45) is 1.61. The van der Waals surface area contributed by atoms with Crippen molar-refractivity contribution in [3.05, 3.63) is 47.8 Å². The molecular formula is C19H21F4N3S. The summed E-state index contributed by atoms with van der Waals surface area (Å²) < 4.78 is 53.1. The van der Waals surface area contributed by atoms with Gasteiger partial charge in [0.2, 0.25) is 0 Å². The van der Waals surface area contributed by atoms with Crippen LogP contribution in [0.25, 0.3) is 0 Å². The number of alkyl halides is 3. The van der Waals surface area contributed by atoms with Gasteiger partial charge < -0.3 is 9.80 Å². The van der Waals surface area contributed by atoms with Crippen molar-refractivity contribution in [3.8, 4) is 0 Å². The summed E-state index contributed by atoms with van der Waals surface area (Å²) >= 11 is -0.216. The third-order valence-corrected chi connectivity index (χ3v) is 4.77. The number of hydrogen-bond acceptors (Lipinski definition) is 3. The molecule has 2 aromatic carbocycles. The summed E-state index contributed by atoms with van der Waals surface area (Å²) in [4.78, 5) is 7.54. The van der Waals surface area contributed by atoms with Gasteiger partial charge in [0.1, 0.15) is 5.82 Å². The van der Waals surface area contributed by atoms with Crippen molar-refractivity contribution < 1.29 is 17.6 Å². The lowest BCUT2D eigenvalue weighted by atomic mass is 10.1. The topological polar surface area (TPSA) is 18.8 Å². The van der Waals surface area contributed by atoms with Crippen molar-refractivity contribution >= 4 is 35.2 Å². The molecule has 146 valence electrons. The van der Waals surface area contributed by atoms with Crippen LogP contribution < -0.4 is 4.90 Å². The maximum absolute atomic E-state index is 14.7. The normalized spacial score (nSPS) is 11.9. The molecule has 0 aromatic heterocycles. The lowest BCUT2D eigenvalue weighted by molar-refractivity contribution is -0.0328. The van der Waals surface area contributed by atoms with E-state index in [1.165, 1.54) is 29.2 Å². The van der Waals surface area contributed by atoms with Gasteiger partial charge in [0.05, 0.1) is 23.4 Å². The Hall–Kier alpha value is -2.22. The van der Waals surface area contributed by atoms with Crippen LogP contribution in [-0.2, 0) is 0 Å². The number of hydrogen-bond donors (Lipinski definition) is 0. The van der Waals surface area contributed by atoms with Gasteiger partial charge in [-0.2, -0.15) is 13.2 Å². The molecule has 0 atom stereocenters. The van der Waals surface area contributed by atoms with Crippen molar-refractivity contribution in [3.63, 3.8) is 0 Å². The number of rotatable bonds is 6. The first-order valence-corrected chi connectivity index (χ1v) is 9.07. The molecular weight excluding hydrogens is 378 g/mol. The largest absolute Gasteiger partial charge is 0.446 e. The Morgan fingerprint density at radius 1 is 1.11 bits per heavy atom. The van der Waals surface area contributed by atoms with Gasteiger partial charge in [-0.3, -0.25) is 0 Å². The monoisotopic (exact) mass is 399 g/mol. The van der Waals surface area contributed by atoms with Crippen LogP contribution >= 0.6 is 11.8 Å². The minimum absolute atomic E-state index is 0.0104. The number of para-hydroxylation sites is 1. The Morgan fingerprint density at radius 2 is 1.78 bits per heavy atom. The summed E-state index contributed by atoms with van der Waals surface area (Å²) in [6, 6.07) is 8.92. The maximum Gasteiger partial charge on any atom is 0.446 e. The molecule has 0 radical (unpaired) electrons. The van der Waals surface area contributed by atoms with E-state index < -0.39 is 11.3 Å². The second-order valence-corrected chi connectivity index (χ2v) is 7.09. The highest BCUT2D eigenvalue weighted by Crippen LogP contribution is 2.43. The zero-order chi connectivity index (χ0) is 20.2. The minimum Gasteiger partial charge on any atom is -0.366 e. The molecule has 0 N–H and O–H groups in total. The lowest BCUT2D eigenvalue weighted by Crippen LogP contribution is -2.14. The second-order valence-electron chi connectivity index (χ2n) is 5.98. The number of aryl methyl sites for hydroxylation is 1. The molecule has 0 heterocycles. The van der Waals surface area contributed by atoms with Crippen molar-refractivity contribution in [2.45, 2.75) is 24.3 Å². The van der Waals surface area contributed by atoms with E-state index in [0.717, 1.165) is 12.1 Å². The molecule has 2 aromatic rings. The van der Waals surface area contributed by atoms with Crippen LogP contribution in [0, 0.1) is 12.7 Å². The molecule has 0 fully saturated rings. The van der Waals surface area contributed by atoms with Gasteiger partial charge in [-0.25, -0.2) is 9.38 Å². The van der Waals surface area contributed by atoms with E-state index in [9.17, 15) is 17.6 Å². The first-order chi connectivity index (χ1) is 12.6. The summed E-state index contributed by atoms with van der Waals surface area (Å²) in [6.45, 7) is 4.51. The van der Waals surface area contributed by atoms with E-state index >= 15 is 0 Å². The van der Waals surface area contributed by atoms with Crippen LogP contribution in [-0.4, -0.2) is 37.4 Å². The van der Waals surface area contributed by atoms with Crippen LogP contribution in [0.3, 0.4) is 0 Å². The lowest BCUT2D eigenvalue weighted by Gasteiger charge is -2.24. The molecule has 0 bridgehead atoms. The summed E-state index contributed by atoms with van der Waals surface area (Å²) in [5.41, 5.74) is -2.76. The predicted octanol–water partition coefficient (Wildman–Crippen LogP) is 6.13. The second kappa shape index (κ2) is 8.65. The number of nitrogens with zero attached hydrogens (tertiary/aromatic N) is 3. The third kappa shape index (κ3) is 5.63. The van der Waals surface area contributed by atoms with Gasteiger partial charge in [0, 0.05) is 31.6 Å². The number of anilines is 2. The Labute approximate surface area is 160 Å². The molecule has 0 saturated heterocycles. The smallest absolute Gasteiger partial charge is 0.366 e. The number of aliphatic imine (C=N–C) groups is 1. The summed E-state index contributed by atoms with van der Waals surface area (Å²) in [7, 11) is 3.40. The molecule has 0 aliphatic rings. The highest BCUT2D eigenvalue weighted by molar-refractivity contribution is 8.00. The summed E-state index contributed by atoms with van der Waals surface area (Å²) in [5, 5.41) is 0. The molecule has 3 nitrogen and oxygen atoms in total. The predicted molar refractivity (Wildman–Crippen MR) is 104 cm³/mol. The van der Waals surface area contributed by atoms with Crippen molar-refractivity contribution in [2.24, 2.45) is 4.99 Å². The fraction of sp³-hybridized carbons (Fsp3) is 0.316. The third-order valence-electron chi connectivity index (χ3n) is 3.97. The quantitative estimate of drug-likeness (QED) is 0.252. The molecule has 0 amide bonds. The molecule has 0 unspecified atom stereocenters. The molecule has 2 rings (SSSR count). The Bertz CT molecular complexity index is 821. The zero-order valence-corrected chi connectivity index (χ0v) is 16.3. The van der Waals surface area contributed by atoms with Gasteiger partial charge >= 0.3 is 5.51 Å². The van der Waals surface area contributed by atoms with Crippen LogP contribution in [0.2, 0.25) is 0 Å². The van der Waals surface area contributed by atoms with E-state index in [4.69, 9.17) is 0 Å². The van der Waals surface area contributed by atoms with Gasteiger partial charge in [0.25, 0.3) is 0 Å². The molecule has 27 heavy (non-hydrogen) atoms. The molecule has 0 aliphatic carbocycles. The SMILES string of the molecule is CCN(C)C=Nc1cc(F)c(N(C)c2ccccc2SC(F)(F)F)cc1C. The maximum atomic E-state index is 14.7. The molecule has 0 spiro atoms. The van der Waals surface area contributed by atoms with Crippen LogP contribution in [0.5, 0.6) is 0 Å². The average molecular weight is 399 g/mol. The van der Waals surface area contributed by atoms with Crippen molar-refractivity contribution in [2.75, 3.05) is 25.5 Å². The first-order valence-electron chi connectivity index (χ1n) is 8.25. The van der Waals surface area contributed by atoms with Crippen LogP contribution in [0.4, 0.5) is 34.6 Å². The van der Waals surface area contributed by atoms with Gasteiger partial charge in [-0.1, -0.05) is 12.1 Å². The Kier molecular flexibility index (Phi) is 6.75. The van der Waals surface area contributed by atoms with E-state index in [-0.39, 0.29) is 28.0 Å². The minimum atomic E-state index is -4.42. The van der Waals surface area contributed by atoms with Gasteiger partial charge in [0.15, 0.2) is 0 Å². The van der Waals surface area contributed by atoms with Gasteiger partial charge in [-0.15, -0.1) is 0 Å². The zero-order valence-electron chi connectivity index (χ0n) is 15.5. The van der Waals surface area contributed by atoms with Crippen molar-refractivity contribution in [1.29, 1.82) is 0 Å². The van der Waals surface area contributed by atoms with E-state index in [2.05, 4.69) is 4.99 Å². The highest BCUT2D eigenvalue weighted by Gasteiger charge is 2.31.